The number of allylic oxidation sites excluding steroid dienone is 4. The van der Waals surface area contributed by atoms with Crippen LogP contribution in [0, 0.1) is 11.2 Å². The minimum atomic E-state index is -3.46. The van der Waals surface area contributed by atoms with Gasteiger partial charge in [0.15, 0.2) is 0 Å². The van der Waals surface area contributed by atoms with Crippen LogP contribution in [0.25, 0.3) is 27.6 Å². The summed E-state index contributed by atoms with van der Waals surface area (Å²) in [5.74, 6) is -3.16. The van der Waals surface area contributed by atoms with E-state index in [1.807, 2.05) is 55.5 Å². The summed E-state index contributed by atoms with van der Waals surface area (Å²) in [4.78, 5) is 5.02. The highest BCUT2D eigenvalue weighted by atomic mass is 32.2. The van der Waals surface area contributed by atoms with Crippen LogP contribution in [0.2, 0.25) is 0 Å². The van der Waals surface area contributed by atoms with Crippen molar-refractivity contribution >= 4 is 37.9 Å². The Labute approximate surface area is 266 Å². The van der Waals surface area contributed by atoms with E-state index in [-0.39, 0.29) is 25.2 Å². The lowest BCUT2D eigenvalue weighted by molar-refractivity contribution is 0.0131. The Kier molecular flexibility index (Phi) is 9.39. The van der Waals surface area contributed by atoms with Gasteiger partial charge in [-0.2, -0.15) is 0 Å². The number of sulfonamides is 1. The molecule has 5 N–H and O–H groups in total. The molecule has 11 heteroatoms. The summed E-state index contributed by atoms with van der Waals surface area (Å²) < 4.78 is 67.6. The van der Waals surface area contributed by atoms with Gasteiger partial charge in [-0.3, -0.25) is 10.3 Å². The maximum Gasteiger partial charge on any atom is 0.261 e. The van der Waals surface area contributed by atoms with Crippen molar-refractivity contribution < 1.29 is 21.6 Å². The van der Waals surface area contributed by atoms with Gasteiger partial charge in [0.1, 0.15) is 5.82 Å². The molecule has 46 heavy (non-hydrogen) atoms. The molecule has 1 aliphatic rings. The van der Waals surface area contributed by atoms with Crippen molar-refractivity contribution in [1.82, 2.24) is 14.6 Å². The Morgan fingerprint density at radius 2 is 1.96 bits per heavy atom. The first-order valence-electron chi connectivity index (χ1n) is 14.7. The average molecular weight is 648 g/mol. The molecule has 0 unspecified atom stereocenters. The van der Waals surface area contributed by atoms with Gasteiger partial charge in [-0.05, 0) is 77.2 Å². The highest BCUT2D eigenvalue weighted by Crippen LogP contribution is 2.33. The van der Waals surface area contributed by atoms with Crippen molar-refractivity contribution in [2.24, 2.45) is 0 Å². The minimum Gasteiger partial charge on any atom is -0.398 e. The average Bonchev–Trinajstić information content (AvgIpc) is 3.57. The predicted octanol–water partition coefficient (Wildman–Crippen LogP) is 6.88. The summed E-state index contributed by atoms with van der Waals surface area (Å²) in [6.07, 6.45) is 6.32. The van der Waals surface area contributed by atoms with Gasteiger partial charge in [0.25, 0.3) is 5.92 Å². The molecule has 0 spiro atoms. The Morgan fingerprint density at radius 3 is 2.65 bits per heavy atom. The lowest BCUT2D eigenvalue weighted by atomic mass is 9.96. The van der Waals surface area contributed by atoms with E-state index >= 15 is 0 Å². The monoisotopic (exact) mass is 647 g/mol. The number of hydrogen-bond donors (Lipinski definition) is 4. The number of aromatic amines is 1. The zero-order valence-electron chi connectivity index (χ0n) is 25.6. The number of nitrogens with zero attached hydrogens (tertiary/aromatic N) is 1. The number of alkyl halides is 2. The lowest BCUT2D eigenvalue weighted by Gasteiger charge is -2.16. The molecule has 0 saturated carbocycles. The zero-order valence-corrected chi connectivity index (χ0v) is 26.4. The summed E-state index contributed by atoms with van der Waals surface area (Å²) in [7, 11) is -3.46. The molecule has 0 atom stereocenters. The Morgan fingerprint density at radius 1 is 1.17 bits per heavy atom. The number of rotatable bonds is 11. The van der Waals surface area contributed by atoms with Gasteiger partial charge in [0, 0.05) is 48.2 Å². The molecular formula is C35H36F3N5O2S. The predicted molar refractivity (Wildman–Crippen MR) is 180 cm³/mol. The SMILES string of the molecule is C=C/C=C(\C=C(/C)CN1CCC(F)(F)C1)c1ccc(N)c(C(=N)c2cc3c(-c4cc(F)cc(CNS(C)(=O)=O)c4)cccc3[nH]2)c1. The molecule has 0 amide bonds. The van der Waals surface area contributed by atoms with E-state index in [2.05, 4.69) is 16.3 Å². The molecule has 0 bridgehead atoms. The quantitative estimate of drug-likeness (QED) is 0.0808. The van der Waals surface area contributed by atoms with Crippen molar-refractivity contribution in [3.63, 3.8) is 0 Å². The Balaban J connectivity index is 1.45. The summed E-state index contributed by atoms with van der Waals surface area (Å²) >= 11 is 0. The largest absolute Gasteiger partial charge is 0.398 e. The third kappa shape index (κ3) is 7.85. The first-order chi connectivity index (χ1) is 21.7. The third-order valence-electron chi connectivity index (χ3n) is 7.82. The van der Waals surface area contributed by atoms with Crippen molar-refractivity contribution in [2.75, 3.05) is 31.6 Å². The summed E-state index contributed by atoms with van der Waals surface area (Å²) in [6, 6.07) is 17.1. The molecule has 3 aromatic carbocycles. The van der Waals surface area contributed by atoms with E-state index in [0.29, 0.717) is 46.7 Å². The summed E-state index contributed by atoms with van der Waals surface area (Å²) in [5, 5.41) is 9.85. The van der Waals surface area contributed by atoms with Crippen LogP contribution in [-0.2, 0) is 16.6 Å². The van der Waals surface area contributed by atoms with Gasteiger partial charge >= 0.3 is 0 Å². The van der Waals surface area contributed by atoms with Gasteiger partial charge < -0.3 is 10.7 Å². The molecule has 4 aromatic rings. The van der Waals surface area contributed by atoms with Crippen LogP contribution in [0.3, 0.4) is 0 Å². The maximum atomic E-state index is 14.6. The normalized spacial score (nSPS) is 15.8. The molecule has 1 saturated heterocycles. The van der Waals surface area contributed by atoms with Crippen LogP contribution >= 0.6 is 0 Å². The minimum absolute atomic E-state index is 0.0522. The standard InChI is InChI=1S/C35H36F3N5O2S/c1-4-6-24(13-22(2)20-43-12-11-35(37,38)21-43)25-9-10-31(39)30(17-25)34(40)33-18-29-28(7-5-8-32(29)42-33)26-14-23(15-27(36)16-26)19-41-46(3,44)45/h4-10,13-18,40-42H,1,11-12,19-21,39H2,2-3H3/b22-13+,24-6+,40-34?. The van der Waals surface area contributed by atoms with E-state index in [1.54, 1.807) is 23.1 Å². The molecular weight excluding hydrogens is 611 g/mol. The van der Waals surface area contributed by atoms with Crippen LogP contribution in [0.15, 0.2) is 91.0 Å². The van der Waals surface area contributed by atoms with Gasteiger partial charge in [-0.1, -0.05) is 48.6 Å². The number of nitrogen functional groups attached to an aromatic ring is 1. The summed E-state index contributed by atoms with van der Waals surface area (Å²) in [5.41, 5.74) is 12.9. The first kappa shape index (κ1) is 32.9. The van der Waals surface area contributed by atoms with Crippen LogP contribution in [0.5, 0.6) is 0 Å². The van der Waals surface area contributed by atoms with E-state index in [4.69, 9.17) is 11.1 Å². The highest BCUT2D eigenvalue weighted by Gasteiger charge is 2.37. The molecule has 1 fully saturated rings. The van der Waals surface area contributed by atoms with Gasteiger partial charge in [-0.15, -0.1) is 0 Å². The number of hydrogen-bond acceptors (Lipinski definition) is 5. The van der Waals surface area contributed by atoms with E-state index in [1.165, 1.54) is 12.1 Å². The second-order valence-corrected chi connectivity index (χ2v) is 13.6. The van der Waals surface area contributed by atoms with Crippen molar-refractivity contribution in [2.45, 2.75) is 25.8 Å². The second-order valence-electron chi connectivity index (χ2n) is 11.7. The van der Waals surface area contributed by atoms with E-state index in [9.17, 15) is 21.6 Å². The molecule has 7 nitrogen and oxygen atoms in total. The topological polar surface area (TPSA) is 115 Å². The van der Waals surface area contributed by atoms with Crippen molar-refractivity contribution in [1.29, 1.82) is 5.41 Å². The van der Waals surface area contributed by atoms with Gasteiger partial charge in [-0.25, -0.2) is 26.3 Å². The zero-order chi connectivity index (χ0) is 33.2. The fraction of sp³-hybridized carbons (Fsp3) is 0.229. The molecule has 240 valence electrons. The van der Waals surface area contributed by atoms with Crippen LogP contribution < -0.4 is 10.5 Å². The number of H-pyrrole nitrogens is 1. The van der Waals surface area contributed by atoms with E-state index in [0.717, 1.165) is 33.9 Å². The molecule has 5 rings (SSSR count). The second kappa shape index (κ2) is 13.1. The number of likely N-dealkylation sites (tertiary alicyclic amines) is 1. The molecule has 2 heterocycles. The molecule has 1 aliphatic heterocycles. The summed E-state index contributed by atoms with van der Waals surface area (Å²) in [6.45, 7) is 6.18. The van der Waals surface area contributed by atoms with E-state index < -0.39 is 21.8 Å². The van der Waals surface area contributed by atoms with Crippen molar-refractivity contribution in [3.8, 4) is 11.1 Å². The molecule has 0 aliphatic carbocycles. The smallest absolute Gasteiger partial charge is 0.261 e. The number of fused-ring (bicyclic) bond motifs is 1. The number of anilines is 1. The van der Waals surface area contributed by atoms with Gasteiger partial charge in [0.05, 0.1) is 24.2 Å². The highest BCUT2D eigenvalue weighted by molar-refractivity contribution is 7.88. The third-order valence-corrected chi connectivity index (χ3v) is 8.49. The fourth-order valence-electron chi connectivity index (χ4n) is 5.72. The number of aromatic nitrogens is 1. The van der Waals surface area contributed by atoms with Crippen LogP contribution in [0.1, 0.15) is 35.7 Å². The fourth-order valence-corrected chi connectivity index (χ4v) is 6.15. The Bertz CT molecular complexity index is 2000. The van der Waals surface area contributed by atoms with Gasteiger partial charge in [0.2, 0.25) is 10.0 Å². The number of nitrogens with two attached hydrogens (primary N) is 1. The number of benzene rings is 3. The van der Waals surface area contributed by atoms with Crippen LogP contribution in [0.4, 0.5) is 18.9 Å². The number of halogens is 3. The van der Waals surface area contributed by atoms with Crippen LogP contribution in [-0.4, -0.2) is 55.8 Å². The van der Waals surface area contributed by atoms with Crippen molar-refractivity contribution in [3.05, 3.63) is 119 Å². The lowest BCUT2D eigenvalue weighted by Crippen LogP contribution is -2.26. The number of nitrogens with one attached hydrogen (secondary N) is 3. The Hall–Kier alpha value is -4.45. The molecule has 1 aromatic heterocycles. The molecule has 0 radical (unpaired) electrons. The maximum absolute atomic E-state index is 14.6. The first-order valence-corrected chi connectivity index (χ1v) is 16.6.